The fraction of sp³-hybridized carbons (Fsp3) is 0.167. The highest BCUT2D eigenvalue weighted by molar-refractivity contribution is 5.95. The normalized spacial score (nSPS) is 10.4. The molecule has 0 aliphatic carbocycles. The Hall–Kier alpha value is -4.32. The number of nitrogens with one attached hydrogen (secondary N) is 2. The summed E-state index contributed by atoms with van der Waals surface area (Å²) in [5, 5.41) is 14.4. The minimum absolute atomic E-state index is 0.00950. The van der Waals surface area contributed by atoms with Crippen LogP contribution in [0.3, 0.4) is 0 Å². The number of benzene rings is 2. The van der Waals surface area contributed by atoms with Gasteiger partial charge in [-0.15, -0.1) is 0 Å². The third-order valence-electron chi connectivity index (χ3n) is 4.92. The van der Waals surface area contributed by atoms with Gasteiger partial charge in [-0.25, -0.2) is 8.78 Å². The van der Waals surface area contributed by atoms with Gasteiger partial charge >= 0.3 is 0 Å². The summed E-state index contributed by atoms with van der Waals surface area (Å²) in [5.74, 6) is -2.39. The van der Waals surface area contributed by atoms with Crippen LogP contribution in [-0.2, 0) is 17.9 Å². The van der Waals surface area contributed by atoms with E-state index in [1.54, 1.807) is 19.9 Å². The molecule has 0 bridgehead atoms. The third-order valence-corrected chi connectivity index (χ3v) is 4.92. The van der Waals surface area contributed by atoms with E-state index in [9.17, 15) is 23.2 Å². The minimum Gasteiger partial charge on any atom is -0.348 e. The second-order valence-electron chi connectivity index (χ2n) is 7.43. The van der Waals surface area contributed by atoms with E-state index in [0.29, 0.717) is 16.9 Å². The van der Waals surface area contributed by atoms with Crippen molar-refractivity contribution in [1.82, 2.24) is 9.88 Å². The molecule has 0 saturated carbocycles. The minimum atomic E-state index is -0.730. The Morgan fingerprint density at radius 1 is 1.03 bits per heavy atom. The smallest absolute Gasteiger partial charge is 0.269 e. The largest absolute Gasteiger partial charge is 0.348 e. The van der Waals surface area contributed by atoms with E-state index < -0.39 is 29.0 Å². The van der Waals surface area contributed by atoms with Crippen LogP contribution >= 0.6 is 0 Å². The SMILES string of the molecule is Cc1cc(C)n(CC(=O)Nc2ccc(C(=O)NCc3cc(F)cc(F)c3)cc2)c(=O)c1C#N. The van der Waals surface area contributed by atoms with Crippen molar-refractivity contribution in [2.24, 2.45) is 0 Å². The Morgan fingerprint density at radius 2 is 1.67 bits per heavy atom. The molecule has 1 heterocycles. The number of carbonyl (C=O) groups is 2. The van der Waals surface area contributed by atoms with Crippen LogP contribution < -0.4 is 16.2 Å². The van der Waals surface area contributed by atoms with E-state index in [1.807, 2.05) is 6.07 Å². The lowest BCUT2D eigenvalue weighted by Gasteiger charge is -2.12. The van der Waals surface area contributed by atoms with Crippen LogP contribution in [0.25, 0.3) is 0 Å². The lowest BCUT2D eigenvalue weighted by Crippen LogP contribution is -2.31. The van der Waals surface area contributed by atoms with Gasteiger partial charge in [-0.05, 0) is 67.4 Å². The van der Waals surface area contributed by atoms with Crippen molar-refractivity contribution < 1.29 is 18.4 Å². The van der Waals surface area contributed by atoms with Gasteiger partial charge in [0.15, 0.2) is 0 Å². The van der Waals surface area contributed by atoms with Crippen molar-refractivity contribution in [2.45, 2.75) is 26.9 Å². The summed E-state index contributed by atoms with van der Waals surface area (Å²) >= 11 is 0. The molecule has 0 unspecified atom stereocenters. The molecule has 0 atom stereocenters. The maximum atomic E-state index is 13.2. The van der Waals surface area contributed by atoms with Crippen LogP contribution in [0.1, 0.15) is 32.7 Å². The Kier molecular flexibility index (Phi) is 6.98. The lowest BCUT2D eigenvalue weighted by atomic mass is 10.1. The molecule has 3 aromatic rings. The first-order valence-electron chi connectivity index (χ1n) is 9.92. The topological polar surface area (TPSA) is 104 Å². The van der Waals surface area contributed by atoms with E-state index in [-0.39, 0.29) is 29.8 Å². The van der Waals surface area contributed by atoms with Crippen molar-refractivity contribution in [3.8, 4) is 6.07 Å². The molecule has 2 aromatic carbocycles. The maximum absolute atomic E-state index is 13.2. The van der Waals surface area contributed by atoms with Gasteiger partial charge in [0.1, 0.15) is 29.8 Å². The Labute approximate surface area is 188 Å². The fourth-order valence-electron chi connectivity index (χ4n) is 3.31. The number of amides is 2. The van der Waals surface area contributed by atoms with Crippen LogP contribution in [0.5, 0.6) is 0 Å². The number of aromatic nitrogens is 1. The van der Waals surface area contributed by atoms with E-state index in [4.69, 9.17) is 5.26 Å². The molecule has 0 saturated heterocycles. The van der Waals surface area contributed by atoms with Gasteiger partial charge in [-0.1, -0.05) is 0 Å². The molecule has 0 fully saturated rings. The Balaban J connectivity index is 1.62. The Bertz CT molecular complexity index is 1310. The van der Waals surface area contributed by atoms with Crippen LogP contribution in [0, 0.1) is 36.8 Å². The number of rotatable bonds is 6. The quantitative estimate of drug-likeness (QED) is 0.602. The molecule has 0 spiro atoms. The highest BCUT2D eigenvalue weighted by atomic mass is 19.1. The van der Waals surface area contributed by atoms with Crippen molar-refractivity contribution in [1.29, 1.82) is 5.26 Å². The van der Waals surface area contributed by atoms with E-state index in [1.165, 1.54) is 28.8 Å². The second kappa shape index (κ2) is 9.87. The predicted octanol–water partition coefficient (Wildman–Crippen LogP) is 3.18. The first-order chi connectivity index (χ1) is 15.7. The molecule has 0 aliphatic heterocycles. The number of nitriles is 1. The molecule has 0 aliphatic rings. The van der Waals surface area contributed by atoms with Gasteiger partial charge in [0.2, 0.25) is 5.91 Å². The zero-order valence-electron chi connectivity index (χ0n) is 17.9. The summed E-state index contributed by atoms with van der Waals surface area (Å²) in [5.41, 5.74) is 1.53. The highest BCUT2D eigenvalue weighted by Crippen LogP contribution is 2.12. The fourth-order valence-corrected chi connectivity index (χ4v) is 3.31. The van der Waals surface area contributed by atoms with Crippen molar-refractivity contribution in [2.75, 3.05) is 5.32 Å². The molecule has 33 heavy (non-hydrogen) atoms. The zero-order valence-corrected chi connectivity index (χ0v) is 17.9. The Morgan fingerprint density at radius 3 is 2.27 bits per heavy atom. The number of hydrogen-bond acceptors (Lipinski definition) is 4. The average Bonchev–Trinajstić information content (AvgIpc) is 2.75. The van der Waals surface area contributed by atoms with Gasteiger partial charge in [0.25, 0.3) is 11.5 Å². The standard InChI is InChI=1S/C24H20F2N4O3/c1-14-7-15(2)30(24(33)21(14)11-27)13-22(31)29-20-5-3-17(4-6-20)23(32)28-12-16-8-18(25)10-19(26)9-16/h3-10H,12-13H2,1-2H3,(H,28,32)(H,29,31). The number of pyridine rings is 1. The molecular formula is C24H20F2N4O3. The van der Waals surface area contributed by atoms with Gasteiger partial charge < -0.3 is 15.2 Å². The number of halogens is 2. The van der Waals surface area contributed by atoms with E-state index in [2.05, 4.69) is 10.6 Å². The average molecular weight is 450 g/mol. The summed E-state index contributed by atoms with van der Waals surface area (Å²) in [6, 6.07) is 12.5. The summed E-state index contributed by atoms with van der Waals surface area (Å²) in [7, 11) is 0. The van der Waals surface area contributed by atoms with Gasteiger partial charge in [-0.2, -0.15) is 5.26 Å². The number of aryl methyl sites for hydroxylation is 2. The van der Waals surface area contributed by atoms with E-state index in [0.717, 1.165) is 18.2 Å². The predicted molar refractivity (Wildman–Crippen MR) is 117 cm³/mol. The van der Waals surface area contributed by atoms with Crippen LogP contribution in [-0.4, -0.2) is 16.4 Å². The summed E-state index contributed by atoms with van der Waals surface area (Å²) in [6.45, 7) is 3.01. The van der Waals surface area contributed by atoms with Crippen LogP contribution in [0.4, 0.5) is 14.5 Å². The molecule has 2 N–H and O–H groups in total. The lowest BCUT2D eigenvalue weighted by molar-refractivity contribution is -0.116. The first-order valence-corrected chi connectivity index (χ1v) is 9.92. The molecule has 2 amide bonds. The highest BCUT2D eigenvalue weighted by Gasteiger charge is 2.13. The summed E-state index contributed by atoms with van der Waals surface area (Å²) < 4.78 is 27.7. The molecule has 0 radical (unpaired) electrons. The molecule has 1 aromatic heterocycles. The molecule has 168 valence electrons. The molecular weight excluding hydrogens is 430 g/mol. The number of hydrogen-bond donors (Lipinski definition) is 2. The van der Waals surface area contributed by atoms with Crippen LogP contribution in [0.15, 0.2) is 53.3 Å². The molecule has 9 heteroatoms. The van der Waals surface area contributed by atoms with Crippen LogP contribution in [0.2, 0.25) is 0 Å². The van der Waals surface area contributed by atoms with Gasteiger partial charge in [0, 0.05) is 29.6 Å². The molecule has 7 nitrogen and oxygen atoms in total. The molecule has 3 rings (SSSR count). The number of anilines is 1. The van der Waals surface area contributed by atoms with E-state index >= 15 is 0 Å². The third kappa shape index (κ3) is 5.68. The second-order valence-corrected chi connectivity index (χ2v) is 7.43. The first kappa shape index (κ1) is 23.3. The van der Waals surface area contributed by atoms with Gasteiger partial charge in [-0.3, -0.25) is 14.4 Å². The maximum Gasteiger partial charge on any atom is 0.269 e. The number of carbonyl (C=O) groups excluding carboxylic acids is 2. The van der Waals surface area contributed by atoms with Crippen molar-refractivity contribution in [3.63, 3.8) is 0 Å². The zero-order chi connectivity index (χ0) is 24.1. The van der Waals surface area contributed by atoms with Gasteiger partial charge in [0.05, 0.1) is 0 Å². The number of nitrogens with zero attached hydrogens (tertiary/aromatic N) is 2. The van der Waals surface area contributed by atoms with Crippen molar-refractivity contribution >= 4 is 17.5 Å². The monoisotopic (exact) mass is 450 g/mol. The summed E-state index contributed by atoms with van der Waals surface area (Å²) in [4.78, 5) is 37.1. The summed E-state index contributed by atoms with van der Waals surface area (Å²) in [6.07, 6.45) is 0. The van der Waals surface area contributed by atoms with Crippen molar-refractivity contribution in [3.05, 3.63) is 98.5 Å².